The Hall–Kier alpha value is -1.35. The molecular weight excluding hydrogens is 260 g/mol. The Morgan fingerprint density at radius 3 is 2.81 bits per heavy atom. The molecule has 2 N–H and O–H groups in total. The van der Waals surface area contributed by atoms with Crippen LogP contribution in [0.5, 0.6) is 0 Å². The summed E-state index contributed by atoms with van der Waals surface area (Å²) in [7, 11) is 0. The zero-order valence-corrected chi connectivity index (χ0v) is 13.1. The van der Waals surface area contributed by atoms with Gasteiger partial charge in [0.1, 0.15) is 0 Å². The number of carbonyl (C=O) groups is 1. The number of nitrogens with zero attached hydrogens (tertiary/aromatic N) is 1. The molecule has 1 amide bonds. The molecule has 3 heteroatoms. The maximum Gasteiger partial charge on any atom is 0.230 e. The molecule has 0 spiro atoms. The van der Waals surface area contributed by atoms with Gasteiger partial charge in [0.25, 0.3) is 0 Å². The minimum absolute atomic E-state index is 0.135. The van der Waals surface area contributed by atoms with Crippen molar-refractivity contribution < 1.29 is 4.79 Å². The summed E-state index contributed by atoms with van der Waals surface area (Å²) in [6.07, 6.45) is 4.96. The van der Waals surface area contributed by atoms with Crippen molar-refractivity contribution in [2.45, 2.75) is 57.9 Å². The molecule has 1 aliphatic heterocycles. The topological polar surface area (TPSA) is 46.3 Å². The molecule has 2 unspecified atom stereocenters. The highest BCUT2D eigenvalue weighted by molar-refractivity contribution is 5.96. The average Bonchev–Trinajstić information content (AvgIpc) is 2.91. The van der Waals surface area contributed by atoms with Crippen molar-refractivity contribution in [2.75, 3.05) is 11.4 Å². The van der Waals surface area contributed by atoms with Crippen LogP contribution < -0.4 is 10.6 Å². The van der Waals surface area contributed by atoms with Gasteiger partial charge in [0, 0.05) is 24.2 Å². The largest absolute Gasteiger partial charge is 0.328 e. The fraction of sp³-hybridized carbons (Fsp3) is 0.611. The second kappa shape index (κ2) is 5.80. The molecule has 1 heterocycles. The Balaban J connectivity index is 1.85. The molecule has 1 aromatic rings. The summed E-state index contributed by atoms with van der Waals surface area (Å²) in [6.45, 7) is 5.29. The molecule has 114 valence electrons. The first-order valence-electron chi connectivity index (χ1n) is 8.26. The molecular formula is C18H26N2O. The normalized spacial score (nSPS) is 25.2. The minimum atomic E-state index is 0.135. The lowest BCUT2D eigenvalue weighted by molar-refractivity contribution is -0.122. The number of aryl methyl sites for hydroxylation is 1. The highest BCUT2D eigenvalue weighted by Crippen LogP contribution is 2.34. The Morgan fingerprint density at radius 2 is 2.14 bits per heavy atom. The van der Waals surface area contributed by atoms with Gasteiger partial charge in [-0.05, 0) is 55.2 Å². The molecule has 0 saturated heterocycles. The van der Waals surface area contributed by atoms with Crippen molar-refractivity contribution in [1.82, 2.24) is 0 Å². The summed E-state index contributed by atoms with van der Waals surface area (Å²) in [5, 5.41) is 0. The van der Waals surface area contributed by atoms with E-state index in [9.17, 15) is 4.79 Å². The fourth-order valence-corrected chi connectivity index (χ4v) is 3.67. The first-order chi connectivity index (χ1) is 10.1. The van der Waals surface area contributed by atoms with E-state index in [-0.39, 0.29) is 12.0 Å². The zero-order valence-electron chi connectivity index (χ0n) is 13.1. The summed E-state index contributed by atoms with van der Waals surface area (Å²) in [5.74, 6) is 0.964. The smallest absolute Gasteiger partial charge is 0.230 e. The quantitative estimate of drug-likeness (QED) is 0.907. The number of hydrogen-bond acceptors (Lipinski definition) is 2. The van der Waals surface area contributed by atoms with E-state index in [0.717, 1.165) is 44.3 Å². The maximum atomic E-state index is 12.8. The van der Waals surface area contributed by atoms with Crippen LogP contribution in [0.1, 0.15) is 56.6 Å². The lowest BCUT2D eigenvalue weighted by Gasteiger charge is -2.32. The van der Waals surface area contributed by atoms with Crippen LogP contribution >= 0.6 is 0 Å². The van der Waals surface area contributed by atoms with E-state index in [4.69, 9.17) is 5.73 Å². The molecule has 0 aromatic heterocycles. The third-order valence-corrected chi connectivity index (χ3v) is 4.98. The number of carbonyl (C=O) groups excluding carboxylic acids is 1. The first kappa shape index (κ1) is 14.6. The monoisotopic (exact) mass is 286 g/mol. The van der Waals surface area contributed by atoms with Crippen molar-refractivity contribution in [1.29, 1.82) is 0 Å². The number of hydrogen-bond donors (Lipinski definition) is 1. The van der Waals surface area contributed by atoms with E-state index >= 15 is 0 Å². The second-order valence-corrected chi connectivity index (χ2v) is 6.91. The SMILES string of the molecule is CC(C)c1ccc2c(c1)CCCN2C(=O)C1CCC(N)C1. The third-order valence-electron chi connectivity index (χ3n) is 4.98. The van der Waals surface area contributed by atoms with Crippen LogP contribution in [0.15, 0.2) is 18.2 Å². The molecule has 2 atom stereocenters. The molecule has 3 rings (SSSR count). The Bertz CT molecular complexity index is 538. The van der Waals surface area contributed by atoms with E-state index in [0.29, 0.717) is 11.8 Å². The Kier molecular flexibility index (Phi) is 4.03. The van der Waals surface area contributed by atoms with E-state index in [1.165, 1.54) is 11.1 Å². The lowest BCUT2D eigenvalue weighted by Crippen LogP contribution is -2.39. The van der Waals surface area contributed by atoms with Crippen LogP contribution in [0, 0.1) is 5.92 Å². The van der Waals surface area contributed by atoms with E-state index in [1.807, 2.05) is 4.90 Å². The van der Waals surface area contributed by atoms with Crippen LogP contribution in [0.3, 0.4) is 0 Å². The fourth-order valence-electron chi connectivity index (χ4n) is 3.67. The van der Waals surface area contributed by atoms with Gasteiger partial charge in [0.15, 0.2) is 0 Å². The van der Waals surface area contributed by atoms with Gasteiger partial charge in [-0.15, -0.1) is 0 Å². The second-order valence-electron chi connectivity index (χ2n) is 6.91. The van der Waals surface area contributed by atoms with Gasteiger partial charge in [-0.2, -0.15) is 0 Å². The van der Waals surface area contributed by atoms with Crippen LogP contribution in [0.4, 0.5) is 5.69 Å². The third kappa shape index (κ3) is 2.84. The molecule has 1 fully saturated rings. The molecule has 0 bridgehead atoms. The molecule has 2 aliphatic rings. The predicted molar refractivity (Wildman–Crippen MR) is 86.5 cm³/mol. The number of nitrogens with two attached hydrogens (primary N) is 1. The van der Waals surface area contributed by atoms with Crippen molar-refractivity contribution in [2.24, 2.45) is 11.7 Å². The number of benzene rings is 1. The molecule has 3 nitrogen and oxygen atoms in total. The summed E-state index contributed by atoms with van der Waals surface area (Å²) in [5.41, 5.74) is 9.81. The first-order valence-corrected chi connectivity index (χ1v) is 8.26. The van der Waals surface area contributed by atoms with Crippen molar-refractivity contribution in [3.8, 4) is 0 Å². The van der Waals surface area contributed by atoms with E-state index in [1.54, 1.807) is 0 Å². The van der Waals surface area contributed by atoms with Crippen molar-refractivity contribution >= 4 is 11.6 Å². The highest BCUT2D eigenvalue weighted by Gasteiger charge is 2.33. The number of amides is 1. The predicted octanol–water partition coefficient (Wildman–Crippen LogP) is 3.22. The number of rotatable bonds is 2. The highest BCUT2D eigenvalue weighted by atomic mass is 16.2. The van der Waals surface area contributed by atoms with Gasteiger partial charge in [-0.3, -0.25) is 4.79 Å². The molecule has 1 aromatic carbocycles. The van der Waals surface area contributed by atoms with Crippen LogP contribution in [-0.2, 0) is 11.2 Å². The summed E-state index contributed by atoms with van der Waals surface area (Å²) in [4.78, 5) is 14.8. The van der Waals surface area contributed by atoms with E-state index < -0.39 is 0 Å². The van der Waals surface area contributed by atoms with Gasteiger partial charge in [0.05, 0.1) is 0 Å². The minimum Gasteiger partial charge on any atom is -0.328 e. The van der Waals surface area contributed by atoms with Crippen LogP contribution in [0.25, 0.3) is 0 Å². The van der Waals surface area contributed by atoms with E-state index in [2.05, 4.69) is 32.0 Å². The Morgan fingerprint density at radius 1 is 1.33 bits per heavy atom. The average molecular weight is 286 g/mol. The summed E-state index contributed by atoms with van der Waals surface area (Å²) in [6, 6.07) is 6.83. The summed E-state index contributed by atoms with van der Waals surface area (Å²) < 4.78 is 0. The molecule has 1 saturated carbocycles. The van der Waals surface area contributed by atoms with Gasteiger partial charge in [0.2, 0.25) is 5.91 Å². The molecule has 1 aliphatic carbocycles. The van der Waals surface area contributed by atoms with Crippen LogP contribution in [-0.4, -0.2) is 18.5 Å². The summed E-state index contributed by atoms with van der Waals surface area (Å²) >= 11 is 0. The number of anilines is 1. The maximum absolute atomic E-state index is 12.8. The van der Waals surface area contributed by atoms with Gasteiger partial charge in [-0.25, -0.2) is 0 Å². The molecule has 0 radical (unpaired) electrons. The zero-order chi connectivity index (χ0) is 15.0. The van der Waals surface area contributed by atoms with Gasteiger partial charge in [-0.1, -0.05) is 26.0 Å². The standard InChI is InChI=1S/C18H26N2O/c1-12(2)13-6-8-17-14(10-13)4-3-9-20(17)18(21)15-5-7-16(19)11-15/h6,8,10,12,15-16H,3-5,7,9,11,19H2,1-2H3. The van der Waals surface area contributed by atoms with Gasteiger partial charge >= 0.3 is 0 Å². The van der Waals surface area contributed by atoms with Crippen molar-refractivity contribution in [3.63, 3.8) is 0 Å². The number of fused-ring (bicyclic) bond motifs is 1. The Labute approximate surface area is 127 Å². The van der Waals surface area contributed by atoms with Gasteiger partial charge < -0.3 is 10.6 Å². The lowest BCUT2D eigenvalue weighted by atomic mass is 9.93. The molecule has 21 heavy (non-hydrogen) atoms. The van der Waals surface area contributed by atoms with Crippen molar-refractivity contribution in [3.05, 3.63) is 29.3 Å². The van der Waals surface area contributed by atoms with Crippen LogP contribution in [0.2, 0.25) is 0 Å².